The summed E-state index contributed by atoms with van der Waals surface area (Å²) in [5, 5.41) is 17.7. The van der Waals surface area contributed by atoms with Gasteiger partial charge in [0, 0.05) is 23.9 Å². The van der Waals surface area contributed by atoms with Crippen molar-refractivity contribution in [2.75, 3.05) is 11.1 Å². The molecule has 1 aromatic heterocycles. The Morgan fingerprint density at radius 3 is 2.46 bits per heavy atom. The van der Waals surface area contributed by atoms with Gasteiger partial charge >= 0.3 is 5.97 Å². The summed E-state index contributed by atoms with van der Waals surface area (Å²) in [6.45, 7) is 0.257. The minimum absolute atomic E-state index is 0.119. The fourth-order valence-corrected chi connectivity index (χ4v) is 3.10. The molecule has 2 aromatic carbocycles. The summed E-state index contributed by atoms with van der Waals surface area (Å²) < 4.78 is 34.6. The van der Waals surface area contributed by atoms with Crippen molar-refractivity contribution in [3.63, 3.8) is 0 Å². The Labute approximate surface area is 160 Å². The highest BCUT2D eigenvalue weighted by molar-refractivity contribution is 7.89. The first kappa shape index (κ1) is 19.3. The second-order valence-electron chi connectivity index (χ2n) is 5.85. The van der Waals surface area contributed by atoms with Crippen LogP contribution in [-0.4, -0.2) is 19.5 Å². The number of nitrogen functional groups attached to an aromatic ring is 1. The predicted molar refractivity (Wildman–Crippen MR) is 102 cm³/mol. The summed E-state index contributed by atoms with van der Waals surface area (Å²) in [5.41, 5.74) is 6.79. The van der Waals surface area contributed by atoms with Gasteiger partial charge in [0.05, 0.1) is 23.8 Å². The first-order chi connectivity index (χ1) is 13.2. The van der Waals surface area contributed by atoms with Crippen molar-refractivity contribution in [2.45, 2.75) is 11.4 Å². The molecule has 0 aliphatic rings. The maximum absolute atomic E-state index is 12.0. The van der Waals surface area contributed by atoms with E-state index >= 15 is 0 Å². The Hall–Kier alpha value is -3.50. The molecular formula is C18H17N3O6S. The van der Waals surface area contributed by atoms with Crippen LogP contribution in [0.1, 0.15) is 15.9 Å². The summed E-state index contributed by atoms with van der Waals surface area (Å²) in [5.74, 6) is -1.13. The minimum atomic E-state index is -4.25. The van der Waals surface area contributed by atoms with Gasteiger partial charge < -0.3 is 25.3 Å². The third-order valence-corrected chi connectivity index (χ3v) is 4.72. The molecule has 9 nitrogen and oxygen atoms in total. The maximum Gasteiger partial charge on any atom is 0.337 e. The van der Waals surface area contributed by atoms with Gasteiger partial charge in [0.25, 0.3) is 0 Å². The lowest BCUT2D eigenvalue weighted by molar-refractivity contribution is 0.0697. The van der Waals surface area contributed by atoms with E-state index in [0.29, 0.717) is 11.4 Å². The van der Waals surface area contributed by atoms with Crippen molar-refractivity contribution in [3.8, 4) is 11.5 Å². The number of hydrogen-bond acceptors (Lipinski definition) is 7. The molecule has 1 heterocycles. The minimum Gasteiger partial charge on any atom is -0.478 e. The van der Waals surface area contributed by atoms with Gasteiger partial charge in [-0.1, -0.05) is 0 Å². The highest BCUT2D eigenvalue weighted by Crippen LogP contribution is 2.34. The van der Waals surface area contributed by atoms with Crippen LogP contribution < -0.4 is 20.9 Å². The smallest absolute Gasteiger partial charge is 0.337 e. The van der Waals surface area contributed by atoms with Gasteiger partial charge in [-0.3, -0.25) is 0 Å². The topological polar surface area (TPSA) is 158 Å². The summed E-state index contributed by atoms with van der Waals surface area (Å²) in [6, 6.07) is 10.2. The average molecular weight is 403 g/mol. The average Bonchev–Trinajstić information content (AvgIpc) is 3.14. The van der Waals surface area contributed by atoms with Crippen molar-refractivity contribution >= 4 is 27.4 Å². The first-order valence-electron chi connectivity index (χ1n) is 7.96. The monoisotopic (exact) mass is 403 g/mol. The largest absolute Gasteiger partial charge is 0.478 e. The lowest BCUT2D eigenvalue weighted by Crippen LogP contribution is -2.16. The van der Waals surface area contributed by atoms with Gasteiger partial charge in [-0.2, -0.15) is 0 Å². The number of nitrogens with one attached hydrogen (secondary N) is 1. The molecule has 28 heavy (non-hydrogen) atoms. The number of benzene rings is 2. The lowest BCUT2D eigenvalue weighted by Gasteiger charge is -2.15. The van der Waals surface area contributed by atoms with E-state index in [1.807, 2.05) is 0 Å². The summed E-state index contributed by atoms with van der Waals surface area (Å²) in [6.07, 6.45) is 2.98. The molecule has 6 N–H and O–H groups in total. The quantitative estimate of drug-likeness (QED) is 0.438. The first-order valence-corrected chi connectivity index (χ1v) is 9.51. The van der Waals surface area contributed by atoms with Crippen LogP contribution in [-0.2, 0) is 16.6 Å². The Morgan fingerprint density at radius 2 is 1.89 bits per heavy atom. The van der Waals surface area contributed by atoms with Crippen LogP contribution in [0.3, 0.4) is 0 Å². The Kier molecular flexibility index (Phi) is 5.25. The Morgan fingerprint density at radius 1 is 1.18 bits per heavy atom. The SMILES string of the molecule is Nc1ccc(Oc2cc(NCc3ccoc3)c(C(=O)O)cc2S(N)(=O)=O)cc1. The molecule has 10 heteroatoms. The summed E-state index contributed by atoms with van der Waals surface area (Å²) >= 11 is 0. The number of ether oxygens (including phenoxy) is 1. The number of carbonyl (C=O) groups is 1. The molecule has 0 unspecified atom stereocenters. The van der Waals surface area contributed by atoms with Gasteiger partial charge in [-0.25, -0.2) is 18.4 Å². The van der Waals surface area contributed by atoms with E-state index in [1.54, 1.807) is 30.3 Å². The second kappa shape index (κ2) is 7.62. The van der Waals surface area contributed by atoms with Gasteiger partial charge in [0.1, 0.15) is 16.4 Å². The van der Waals surface area contributed by atoms with Crippen LogP contribution in [0.25, 0.3) is 0 Å². The zero-order valence-corrected chi connectivity index (χ0v) is 15.3. The van der Waals surface area contributed by atoms with E-state index in [0.717, 1.165) is 11.6 Å². The third-order valence-electron chi connectivity index (χ3n) is 3.79. The number of hydrogen-bond donors (Lipinski definition) is 4. The van der Waals surface area contributed by atoms with Gasteiger partial charge in [-0.15, -0.1) is 0 Å². The molecule has 146 valence electrons. The van der Waals surface area contributed by atoms with Crippen molar-refractivity contribution in [1.82, 2.24) is 0 Å². The fraction of sp³-hybridized carbons (Fsp3) is 0.0556. The number of rotatable bonds is 7. The van der Waals surface area contributed by atoms with Crippen molar-refractivity contribution in [1.29, 1.82) is 0 Å². The second-order valence-corrected chi connectivity index (χ2v) is 7.38. The van der Waals surface area contributed by atoms with E-state index in [9.17, 15) is 18.3 Å². The highest BCUT2D eigenvalue weighted by atomic mass is 32.2. The van der Waals surface area contributed by atoms with Crippen molar-refractivity contribution in [2.24, 2.45) is 5.14 Å². The number of carboxylic acids is 1. The van der Waals surface area contributed by atoms with Gasteiger partial charge in [-0.05, 0) is 36.4 Å². The molecule has 0 radical (unpaired) electrons. The molecule has 0 amide bonds. The standard InChI is InChI=1S/C18H17N3O6S/c19-12-1-3-13(4-2-12)27-16-8-15(21-9-11-5-6-26-10-11)14(18(22)23)7-17(16)28(20,24)25/h1-8,10,21H,9,19H2,(H,22,23)(H2,20,24,25). The van der Waals surface area contributed by atoms with Crippen LogP contribution in [0.4, 0.5) is 11.4 Å². The number of anilines is 2. The fourth-order valence-electron chi connectivity index (χ4n) is 2.44. The number of sulfonamides is 1. The molecular weight excluding hydrogens is 386 g/mol. The molecule has 0 bridgehead atoms. The lowest BCUT2D eigenvalue weighted by atomic mass is 10.1. The maximum atomic E-state index is 12.0. The zero-order valence-electron chi connectivity index (χ0n) is 14.5. The van der Waals surface area contributed by atoms with Crippen molar-refractivity contribution in [3.05, 3.63) is 66.1 Å². The highest BCUT2D eigenvalue weighted by Gasteiger charge is 2.22. The van der Waals surface area contributed by atoms with Crippen LogP contribution in [0.15, 0.2) is 64.3 Å². The van der Waals surface area contributed by atoms with Gasteiger partial charge in [0.2, 0.25) is 10.0 Å². The molecule has 0 atom stereocenters. The zero-order chi connectivity index (χ0) is 20.3. The van der Waals surface area contributed by atoms with E-state index < -0.39 is 20.9 Å². The number of carboxylic acid groups (broad SMARTS) is 1. The molecule has 3 aromatic rings. The number of furan rings is 1. The third kappa shape index (κ3) is 4.42. The Bertz CT molecular complexity index is 1090. The van der Waals surface area contributed by atoms with Gasteiger partial charge in [0.15, 0.2) is 0 Å². The molecule has 0 saturated heterocycles. The molecule has 0 spiro atoms. The van der Waals surface area contributed by atoms with E-state index in [4.69, 9.17) is 20.0 Å². The van der Waals surface area contributed by atoms with Crippen LogP contribution in [0, 0.1) is 0 Å². The summed E-state index contributed by atoms with van der Waals surface area (Å²) in [4.78, 5) is 11.2. The molecule has 3 rings (SSSR count). The molecule has 0 aliphatic carbocycles. The predicted octanol–water partition coefficient (Wildman–Crippen LogP) is 2.61. The number of primary sulfonamides is 1. The normalized spacial score (nSPS) is 11.2. The number of nitrogens with two attached hydrogens (primary N) is 2. The van der Waals surface area contributed by atoms with Crippen LogP contribution in [0.5, 0.6) is 11.5 Å². The number of aromatic carboxylic acids is 1. The van der Waals surface area contributed by atoms with Crippen LogP contribution >= 0.6 is 0 Å². The molecule has 0 aliphatic heterocycles. The molecule has 0 saturated carbocycles. The van der Waals surface area contributed by atoms with E-state index in [-0.39, 0.29) is 23.5 Å². The van der Waals surface area contributed by atoms with E-state index in [1.165, 1.54) is 18.6 Å². The van der Waals surface area contributed by atoms with Crippen LogP contribution in [0.2, 0.25) is 0 Å². The molecule has 0 fully saturated rings. The van der Waals surface area contributed by atoms with Crippen molar-refractivity contribution < 1.29 is 27.5 Å². The Balaban J connectivity index is 2.05. The summed E-state index contributed by atoms with van der Waals surface area (Å²) in [7, 11) is -4.25. The van der Waals surface area contributed by atoms with E-state index in [2.05, 4.69) is 5.32 Å².